The number of carbonyl (C=O) groups excluding carboxylic acids is 1. The van der Waals surface area contributed by atoms with Crippen LogP contribution in [0.25, 0.3) is 0 Å². The second-order valence-electron chi connectivity index (χ2n) is 4.39. The molecular weight excluding hydrogens is 180 g/mol. The first-order chi connectivity index (χ1) is 6.39. The van der Waals surface area contributed by atoms with Crippen molar-refractivity contribution in [2.75, 3.05) is 13.1 Å². The third-order valence-electron chi connectivity index (χ3n) is 1.84. The summed E-state index contributed by atoms with van der Waals surface area (Å²) in [4.78, 5) is 11.2. The molecule has 0 fully saturated rings. The van der Waals surface area contributed by atoms with E-state index in [-0.39, 0.29) is 6.09 Å². The summed E-state index contributed by atoms with van der Waals surface area (Å²) in [6, 6.07) is 0. The first-order valence-corrected chi connectivity index (χ1v) is 5.06. The fraction of sp³-hybridized carbons (Fsp3) is 0.900. The van der Waals surface area contributed by atoms with Crippen LogP contribution in [0.5, 0.6) is 0 Å². The number of rotatable bonds is 4. The van der Waals surface area contributed by atoms with Crippen molar-refractivity contribution in [3.63, 3.8) is 0 Å². The van der Waals surface area contributed by atoms with Crippen molar-refractivity contribution >= 4 is 6.09 Å². The highest BCUT2D eigenvalue weighted by Gasteiger charge is 2.16. The molecule has 0 aliphatic rings. The van der Waals surface area contributed by atoms with Crippen LogP contribution in [0.15, 0.2) is 0 Å². The molecule has 0 aromatic carbocycles. The number of ether oxygens (including phenoxy) is 1. The highest BCUT2D eigenvalue weighted by Crippen LogP contribution is 2.06. The maximum Gasteiger partial charge on any atom is 0.407 e. The zero-order chi connectivity index (χ0) is 11.2. The minimum atomic E-state index is -0.436. The number of hydrogen-bond acceptors (Lipinski definition) is 3. The van der Waals surface area contributed by atoms with Gasteiger partial charge < -0.3 is 15.8 Å². The highest BCUT2D eigenvalue weighted by molar-refractivity contribution is 5.67. The number of nitrogens with two attached hydrogens (primary N) is 1. The summed E-state index contributed by atoms with van der Waals surface area (Å²) in [5.41, 5.74) is 5.07. The van der Waals surface area contributed by atoms with Gasteiger partial charge in [-0.25, -0.2) is 4.79 Å². The van der Waals surface area contributed by atoms with Gasteiger partial charge >= 0.3 is 6.09 Å². The number of nitrogens with one attached hydrogen (secondary N) is 1. The average molecular weight is 202 g/mol. The van der Waals surface area contributed by atoms with E-state index in [0.717, 1.165) is 6.42 Å². The van der Waals surface area contributed by atoms with Crippen LogP contribution < -0.4 is 11.1 Å². The number of carbonyl (C=O) groups is 1. The number of amides is 1. The smallest absolute Gasteiger partial charge is 0.407 e. The van der Waals surface area contributed by atoms with Crippen LogP contribution in [0, 0.1) is 5.92 Å². The highest BCUT2D eigenvalue weighted by atomic mass is 16.6. The lowest BCUT2D eigenvalue weighted by atomic mass is 10.1. The lowest BCUT2D eigenvalue weighted by Gasteiger charge is -2.21. The topological polar surface area (TPSA) is 64.3 Å². The van der Waals surface area contributed by atoms with Crippen molar-refractivity contribution in [2.45, 2.75) is 39.7 Å². The Balaban J connectivity index is 3.74. The Morgan fingerprint density at radius 2 is 2.07 bits per heavy atom. The number of hydrogen-bond donors (Lipinski definition) is 2. The molecule has 4 nitrogen and oxygen atoms in total. The Kier molecular flexibility index (Phi) is 5.53. The first kappa shape index (κ1) is 13.2. The van der Waals surface area contributed by atoms with Gasteiger partial charge in [0.15, 0.2) is 0 Å². The van der Waals surface area contributed by atoms with Crippen molar-refractivity contribution in [2.24, 2.45) is 11.7 Å². The van der Waals surface area contributed by atoms with Gasteiger partial charge in [0.1, 0.15) is 5.60 Å². The van der Waals surface area contributed by atoms with Gasteiger partial charge in [-0.1, -0.05) is 13.3 Å². The van der Waals surface area contributed by atoms with Gasteiger partial charge in [0.25, 0.3) is 0 Å². The molecule has 14 heavy (non-hydrogen) atoms. The first-order valence-electron chi connectivity index (χ1n) is 5.06. The molecule has 3 N–H and O–H groups in total. The van der Waals surface area contributed by atoms with Gasteiger partial charge in [0.05, 0.1) is 0 Å². The maximum absolute atomic E-state index is 11.2. The van der Waals surface area contributed by atoms with Gasteiger partial charge in [-0.05, 0) is 33.2 Å². The van der Waals surface area contributed by atoms with E-state index in [1.165, 1.54) is 0 Å². The molecule has 1 atom stereocenters. The summed E-state index contributed by atoms with van der Waals surface area (Å²) in [6.45, 7) is 8.74. The van der Waals surface area contributed by atoms with Crippen molar-refractivity contribution < 1.29 is 9.53 Å². The lowest BCUT2D eigenvalue weighted by Crippen LogP contribution is -2.36. The average Bonchev–Trinajstić information content (AvgIpc) is 2.03. The van der Waals surface area contributed by atoms with Crippen molar-refractivity contribution in [3.05, 3.63) is 0 Å². The largest absolute Gasteiger partial charge is 0.444 e. The minimum Gasteiger partial charge on any atom is -0.444 e. The summed E-state index contributed by atoms with van der Waals surface area (Å²) in [7, 11) is 0. The Morgan fingerprint density at radius 3 is 2.43 bits per heavy atom. The van der Waals surface area contributed by atoms with E-state index in [1.54, 1.807) is 0 Å². The van der Waals surface area contributed by atoms with Crippen LogP contribution >= 0.6 is 0 Å². The summed E-state index contributed by atoms with van der Waals surface area (Å²) < 4.78 is 5.09. The molecule has 0 aliphatic heterocycles. The molecule has 0 saturated carbocycles. The Morgan fingerprint density at radius 1 is 1.50 bits per heavy atom. The monoisotopic (exact) mass is 202 g/mol. The summed E-state index contributed by atoms with van der Waals surface area (Å²) >= 11 is 0. The zero-order valence-corrected chi connectivity index (χ0v) is 9.59. The molecule has 84 valence electrons. The van der Waals surface area contributed by atoms with Gasteiger partial charge in [0, 0.05) is 6.54 Å². The predicted octanol–water partition coefficient (Wildman–Crippen LogP) is 1.50. The van der Waals surface area contributed by atoms with E-state index in [2.05, 4.69) is 5.32 Å². The van der Waals surface area contributed by atoms with Gasteiger partial charge in [-0.2, -0.15) is 0 Å². The minimum absolute atomic E-state index is 0.336. The van der Waals surface area contributed by atoms with Gasteiger partial charge in [-0.15, -0.1) is 0 Å². The zero-order valence-electron chi connectivity index (χ0n) is 9.59. The standard InChI is InChI=1S/C10H22N2O2/c1-5-8(6-11)7-12-9(13)14-10(2,3)4/h8H,5-7,11H2,1-4H3,(H,12,13)/t8-/m0/s1. The quantitative estimate of drug-likeness (QED) is 0.726. The Hall–Kier alpha value is -0.770. The summed E-state index contributed by atoms with van der Waals surface area (Å²) in [5, 5.41) is 2.70. The van der Waals surface area contributed by atoms with Crippen molar-refractivity contribution in [3.8, 4) is 0 Å². The number of alkyl carbamates (subject to hydrolysis) is 1. The van der Waals surface area contributed by atoms with Crippen LogP contribution in [0.3, 0.4) is 0 Å². The molecular formula is C10H22N2O2. The van der Waals surface area contributed by atoms with E-state index in [1.807, 2.05) is 27.7 Å². The fourth-order valence-corrected chi connectivity index (χ4v) is 0.936. The SMILES string of the molecule is CC[C@@H](CN)CNC(=O)OC(C)(C)C. The second-order valence-corrected chi connectivity index (χ2v) is 4.39. The molecule has 0 aromatic rings. The summed E-state index contributed by atoms with van der Waals surface area (Å²) in [6.07, 6.45) is 0.594. The van der Waals surface area contributed by atoms with Gasteiger partial charge in [-0.3, -0.25) is 0 Å². The molecule has 0 aliphatic carbocycles. The summed E-state index contributed by atoms with van der Waals surface area (Å²) in [5.74, 6) is 0.336. The maximum atomic E-state index is 11.2. The fourth-order valence-electron chi connectivity index (χ4n) is 0.936. The molecule has 0 radical (unpaired) electrons. The molecule has 0 bridgehead atoms. The molecule has 0 aromatic heterocycles. The van der Waals surface area contributed by atoms with Crippen LogP contribution in [0.4, 0.5) is 4.79 Å². The van der Waals surface area contributed by atoms with E-state index < -0.39 is 5.60 Å². The van der Waals surface area contributed by atoms with Crippen LogP contribution in [-0.4, -0.2) is 24.8 Å². The molecule has 0 saturated heterocycles. The third-order valence-corrected chi connectivity index (χ3v) is 1.84. The molecule has 1 amide bonds. The molecule has 0 unspecified atom stereocenters. The molecule has 0 spiro atoms. The van der Waals surface area contributed by atoms with Crippen molar-refractivity contribution in [1.29, 1.82) is 0 Å². The molecule has 0 heterocycles. The normalized spacial score (nSPS) is 13.5. The van der Waals surface area contributed by atoms with E-state index in [4.69, 9.17) is 10.5 Å². The van der Waals surface area contributed by atoms with Gasteiger partial charge in [0.2, 0.25) is 0 Å². The van der Waals surface area contributed by atoms with Crippen LogP contribution in [0.2, 0.25) is 0 Å². The van der Waals surface area contributed by atoms with E-state index in [9.17, 15) is 4.79 Å². The Bertz CT molecular complexity index is 171. The van der Waals surface area contributed by atoms with E-state index in [0.29, 0.717) is 19.0 Å². The molecule has 0 rings (SSSR count). The molecule has 4 heteroatoms. The van der Waals surface area contributed by atoms with Crippen molar-refractivity contribution in [1.82, 2.24) is 5.32 Å². The second kappa shape index (κ2) is 5.86. The van der Waals surface area contributed by atoms with Crippen LogP contribution in [0.1, 0.15) is 34.1 Å². The van der Waals surface area contributed by atoms with Crippen LogP contribution in [-0.2, 0) is 4.74 Å². The van der Waals surface area contributed by atoms with E-state index >= 15 is 0 Å². The predicted molar refractivity (Wildman–Crippen MR) is 57.1 cm³/mol. The lowest BCUT2D eigenvalue weighted by molar-refractivity contribution is 0.0519. The Labute approximate surface area is 86.2 Å². The third kappa shape index (κ3) is 6.71.